The number of nitrogens with zero attached hydrogens (tertiary/aromatic N) is 1. The van der Waals surface area contributed by atoms with E-state index < -0.39 is 5.97 Å². The molecular weight excluding hydrogens is 310 g/mol. The summed E-state index contributed by atoms with van der Waals surface area (Å²) < 4.78 is 0. The zero-order valence-corrected chi connectivity index (χ0v) is 15.6. The Bertz CT molecular complexity index is 663. The van der Waals surface area contributed by atoms with Gasteiger partial charge in [0.1, 0.15) is 0 Å². The van der Waals surface area contributed by atoms with E-state index in [1.807, 2.05) is 0 Å². The minimum atomic E-state index is -0.634. The van der Waals surface area contributed by atoms with Crippen LogP contribution < -0.4 is 0 Å². The quantitative estimate of drug-likeness (QED) is 0.600. The summed E-state index contributed by atoms with van der Waals surface area (Å²) in [6.07, 6.45) is 4.60. The molecule has 3 heteroatoms. The summed E-state index contributed by atoms with van der Waals surface area (Å²) in [7, 11) is 0. The van der Waals surface area contributed by atoms with E-state index in [0.29, 0.717) is 0 Å². The van der Waals surface area contributed by atoms with E-state index in [4.69, 9.17) is 0 Å². The van der Waals surface area contributed by atoms with Crippen LogP contribution in [0.5, 0.6) is 0 Å². The first-order valence-electron chi connectivity index (χ1n) is 9.57. The largest absolute Gasteiger partial charge is 0.481 e. The maximum absolute atomic E-state index is 11.4. The summed E-state index contributed by atoms with van der Waals surface area (Å²) in [5, 5.41) is 12.0. The number of carboxylic acids is 1. The minimum absolute atomic E-state index is 0.184. The molecule has 0 aliphatic carbocycles. The van der Waals surface area contributed by atoms with Gasteiger partial charge < -0.3 is 5.11 Å². The van der Waals surface area contributed by atoms with Crippen LogP contribution in [0.25, 0.3) is 10.8 Å². The lowest BCUT2D eigenvalue weighted by atomic mass is 9.97. The van der Waals surface area contributed by atoms with Crippen LogP contribution in [0.15, 0.2) is 42.5 Å². The Hall–Kier alpha value is -1.87. The Labute approximate surface area is 151 Å². The van der Waals surface area contributed by atoms with Crippen LogP contribution in [-0.2, 0) is 11.3 Å². The first-order chi connectivity index (χ1) is 12.2. The fourth-order valence-corrected chi connectivity index (χ4v) is 3.42. The third-order valence-electron chi connectivity index (χ3n) is 5.00. The average molecular weight is 341 g/mol. The van der Waals surface area contributed by atoms with E-state index in [1.54, 1.807) is 0 Å². The van der Waals surface area contributed by atoms with Crippen LogP contribution in [-0.4, -0.2) is 29.1 Å². The van der Waals surface area contributed by atoms with E-state index in [9.17, 15) is 9.90 Å². The highest BCUT2D eigenvalue weighted by atomic mass is 16.4. The lowest BCUT2D eigenvalue weighted by Gasteiger charge is -2.22. The number of carboxylic acid groups (broad SMARTS) is 1. The van der Waals surface area contributed by atoms with Gasteiger partial charge in [0.2, 0.25) is 0 Å². The summed E-state index contributed by atoms with van der Waals surface area (Å²) >= 11 is 0. The first kappa shape index (κ1) is 19.5. The van der Waals surface area contributed by atoms with Crippen LogP contribution in [0.4, 0.5) is 0 Å². The number of rotatable bonds is 11. The molecule has 0 aromatic heterocycles. The molecule has 0 bridgehead atoms. The van der Waals surface area contributed by atoms with Crippen molar-refractivity contribution in [2.24, 2.45) is 5.92 Å². The molecular formula is C22H31NO2. The molecule has 0 heterocycles. The van der Waals surface area contributed by atoms with Crippen molar-refractivity contribution in [3.8, 4) is 0 Å². The number of hydrogen-bond donors (Lipinski definition) is 1. The van der Waals surface area contributed by atoms with Crippen LogP contribution in [0.3, 0.4) is 0 Å². The van der Waals surface area contributed by atoms with Crippen LogP contribution in [0.2, 0.25) is 0 Å². The van der Waals surface area contributed by atoms with E-state index in [0.717, 1.165) is 51.7 Å². The number of aliphatic carboxylic acids is 1. The van der Waals surface area contributed by atoms with Crippen molar-refractivity contribution in [3.05, 3.63) is 48.0 Å². The van der Waals surface area contributed by atoms with Crippen LogP contribution in [0, 0.1) is 5.92 Å². The van der Waals surface area contributed by atoms with Gasteiger partial charge in [-0.25, -0.2) is 0 Å². The molecule has 2 aromatic rings. The number of hydrogen-bond acceptors (Lipinski definition) is 2. The second-order valence-electron chi connectivity index (χ2n) is 6.83. The molecule has 0 aliphatic heterocycles. The molecule has 1 unspecified atom stereocenters. The Morgan fingerprint density at radius 2 is 1.76 bits per heavy atom. The van der Waals surface area contributed by atoms with E-state index in [-0.39, 0.29) is 5.92 Å². The second-order valence-corrected chi connectivity index (χ2v) is 6.83. The third kappa shape index (κ3) is 5.86. The predicted octanol–water partition coefficient (Wildman–Crippen LogP) is 5.33. The summed E-state index contributed by atoms with van der Waals surface area (Å²) in [6.45, 7) is 7.15. The third-order valence-corrected chi connectivity index (χ3v) is 5.00. The molecule has 3 nitrogen and oxygen atoms in total. The van der Waals surface area contributed by atoms with Gasteiger partial charge in [0.05, 0.1) is 5.92 Å². The molecule has 0 amide bonds. The molecule has 0 spiro atoms. The van der Waals surface area contributed by atoms with Crippen molar-refractivity contribution in [2.75, 3.05) is 13.1 Å². The topological polar surface area (TPSA) is 40.5 Å². The van der Waals surface area contributed by atoms with E-state index >= 15 is 0 Å². The zero-order chi connectivity index (χ0) is 18.1. The zero-order valence-electron chi connectivity index (χ0n) is 15.6. The highest BCUT2D eigenvalue weighted by Gasteiger charge is 2.17. The Morgan fingerprint density at radius 3 is 2.48 bits per heavy atom. The number of unbranched alkanes of at least 4 members (excludes halogenated alkanes) is 1. The van der Waals surface area contributed by atoms with Gasteiger partial charge in [-0.1, -0.05) is 69.2 Å². The average Bonchev–Trinajstić information content (AvgIpc) is 2.63. The van der Waals surface area contributed by atoms with Crippen molar-refractivity contribution in [2.45, 2.75) is 52.5 Å². The van der Waals surface area contributed by atoms with Crippen molar-refractivity contribution >= 4 is 16.7 Å². The molecule has 25 heavy (non-hydrogen) atoms. The second kappa shape index (κ2) is 10.2. The molecule has 136 valence electrons. The molecule has 2 aromatic carbocycles. The fourth-order valence-electron chi connectivity index (χ4n) is 3.42. The monoisotopic (exact) mass is 341 g/mol. The van der Waals surface area contributed by atoms with Crippen molar-refractivity contribution in [1.82, 2.24) is 4.90 Å². The summed E-state index contributed by atoms with van der Waals surface area (Å²) in [6, 6.07) is 15.0. The maximum atomic E-state index is 11.4. The highest BCUT2D eigenvalue weighted by Crippen LogP contribution is 2.21. The van der Waals surface area contributed by atoms with Gasteiger partial charge in [0, 0.05) is 6.54 Å². The predicted molar refractivity (Wildman–Crippen MR) is 105 cm³/mol. The molecule has 0 saturated heterocycles. The number of fused-ring (bicyclic) bond motifs is 1. The molecule has 0 saturated carbocycles. The summed E-state index contributed by atoms with van der Waals surface area (Å²) in [5.74, 6) is -0.818. The van der Waals surface area contributed by atoms with Crippen molar-refractivity contribution in [1.29, 1.82) is 0 Å². The van der Waals surface area contributed by atoms with Gasteiger partial charge in [0.25, 0.3) is 0 Å². The number of benzene rings is 2. The molecule has 1 N–H and O–H groups in total. The van der Waals surface area contributed by atoms with Gasteiger partial charge in [-0.2, -0.15) is 0 Å². The molecule has 0 aliphatic rings. The lowest BCUT2D eigenvalue weighted by Crippen LogP contribution is -2.25. The SMILES string of the molecule is CCCCC(CCCN(CC)Cc1cccc2ccccc12)C(=O)O. The molecule has 0 fully saturated rings. The minimum Gasteiger partial charge on any atom is -0.481 e. The van der Waals surface area contributed by atoms with E-state index in [1.165, 1.54) is 16.3 Å². The first-order valence-corrected chi connectivity index (χ1v) is 9.57. The Balaban J connectivity index is 1.92. The van der Waals surface area contributed by atoms with Crippen molar-refractivity contribution in [3.63, 3.8) is 0 Å². The highest BCUT2D eigenvalue weighted by molar-refractivity contribution is 5.85. The smallest absolute Gasteiger partial charge is 0.306 e. The normalized spacial score (nSPS) is 12.6. The Morgan fingerprint density at radius 1 is 1.04 bits per heavy atom. The molecule has 0 radical (unpaired) electrons. The van der Waals surface area contributed by atoms with Gasteiger partial charge >= 0.3 is 5.97 Å². The maximum Gasteiger partial charge on any atom is 0.306 e. The van der Waals surface area contributed by atoms with Crippen LogP contribution >= 0.6 is 0 Å². The van der Waals surface area contributed by atoms with Crippen LogP contribution in [0.1, 0.15) is 51.5 Å². The summed E-state index contributed by atoms with van der Waals surface area (Å²) in [5.41, 5.74) is 1.35. The Kier molecular flexibility index (Phi) is 7.93. The number of carbonyl (C=O) groups is 1. The van der Waals surface area contributed by atoms with Gasteiger partial charge in [-0.3, -0.25) is 9.69 Å². The van der Waals surface area contributed by atoms with Gasteiger partial charge in [0.15, 0.2) is 0 Å². The fraction of sp³-hybridized carbons (Fsp3) is 0.500. The van der Waals surface area contributed by atoms with Gasteiger partial charge in [-0.05, 0) is 48.7 Å². The summed E-state index contributed by atoms with van der Waals surface area (Å²) in [4.78, 5) is 13.8. The molecule has 2 rings (SSSR count). The van der Waals surface area contributed by atoms with Crippen molar-refractivity contribution < 1.29 is 9.90 Å². The standard InChI is InChI=1S/C22H31NO2/c1-3-5-10-19(22(24)25)14-9-16-23(4-2)17-20-13-8-12-18-11-6-7-15-21(18)20/h6-8,11-13,15,19H,3-5,9-10,14,16-17H2,1-2H3,(H,24,25). The van der Waals surface area contributed by atoms with E-state index in [2.05, 4.69) is 61.2 Å². The van der Waals surface area contributed by atoms with Gasteiger partial charge in [-0.15, -0.1) is 0 Å². The molecule has 1 atom stereocenters. The lowest BCUT2D eigenvalue weighted by molar-refractivity contribution is -0.142.